The van der Waals surface area contributed by atoms with E-state index < -0.39 is 0 Å². The zero-order valence-electron chi connectivity index (χ0n) is 9.71. The van der Waals surface area contributed by atoms with E-state index >= 15 is 0 Å². The van der Waals surface area contributed by atoms with Crippen LogP contribution in [-0.2, 0) is 0 Å². The van der Waals surface area contributed by atoms with Crippen molar-refractivity contribution >= 4 is 0 Å². The molecular weight excluding hydrogens is 160 g/mol. The molecule has 0 radical (unpaired) electrons. The lowest BCUT2D eigenvalue weighted by Crippen LogP contribution is -2.36. The number of nitrogens with two attached hydrogens (primary N) is 1. The molecule has 0 amide bonds. The summed E-state index contributed by atoms with van der Waals surface area (Å²) in [5.74, 6) is 0.717. The predicted octanol–water partition coefficient (Wildman–Crippen LogP) is 2.09. The van der Waals surface area contributed by atoms with Gasteiger partial charge in [-0.05, 0) is 32.4 Å². The van der Waals surface area contributed by atoms with Crippen molar-refractivity contribution in [2.75, 3.05) is 20.1 Å². The normalized spacial score (nSPS) is 14.1. The maximum Gasteiger partial charge on any atom is 0.0170 e. The Morgan fingerprint density at radius 1 is 1.31 bits per heavy atom. The SMILES string of the molecule is CCCCN(C)C[C@@H](N)CC(C)C. The van der Waals surface area contributed by atoms with Gasteiger partial charge < -0.3 is 10.6 Å². The predicted molar refractivity (Wildman–Crippen MR) is 59.8 cm³/mol. The highest BCUT2D eigenvalue weighted by atomic mass is 15.1. The van der Waals surface area contributed by atoms with Gasteiger partial charge in [0.25, 0.3) is 0 Å². The Hall–Kier alpha value is -0.0800. The van der Waals surface area contributed by atoms with Crippen LogP contribution in [0.1, 0.15) is 40.0 Å². The molecule has 0 saturated carbocycles. The zero-order chi connectivity index (χ0) is 10.3. The van der Waals surface area contributed by atoms with Crippen molar-refractivity contribution in [3.05, 3.63) is 0 Å². The monoisotopic (exact) mass is 186 g/mol. The van der Waals surface area contributed by atoms with E-state index in [1.807, 2.05) is 0 Å². The lowest BCUT2D eigenvalue weighted by molar-refractivity contribution is 0.290. The lowest BCUT2D eigenvalue weighted by atomic mass is 10.0. The van der Waals surface area contributed by atoms with Crippen molar-refractivity contribution in [1.29, 1.82) is 0 Å². The summed E-state index contributed by atoms with van der Waals surface area (Å²) in [5, 5.41) is 0. The first-order valence-corrected chi connectivity index (χ1v) is 5.50. The zero-order valence-corrected chi connectivity index (χ0v) is 9.71. The average Bonchev–Trinajstić information content (AvgIpc) is 1.98. The van der Waals surface area contributed by atoms with Gasteiger partial charge in [0.1, 0.15) is 0 Å². The average molecular weight is 186 g/mol. The standard InChI is InChI=1S/C11H26N2/c1-5-6-7-13(4)9-11(12)8-10(2)3/h10-11H,5-9,12H2,1-4H3/t11-/m0/s1. The van der Waals surface area contributed by atoms with Gasteiger partial charge in [0.2, 0.25) is 0 Å². The van der Waals surface area contributed by atoms with Crippen molar-refractivity contribution in [2.45, 2.75) is 46.1 Å². The summed E-state index contributed by atoms with van der Waals surface area (Å²) in [6, 6.07) is 0.349. The molecule has 0 unspecified atom stereocenters. The molecule has 0 heterocycles. The Morgan fingerprint density at radius 2 is 1.92 bits per heavy atom. The van der Waals surface area contributed by atoms with Gasteiger partial charge in [-0.1, -0.05) is 27.2 Å². The van der Waals surface area contributed by atoms with E-state index in [0.717, 1.165) is 18.9 Å². The molecule has 0 aliphatic heterocycles. The number of hydrogen-bond donors (Lipinski definition) is 1. The summed E-state index contributed by atoms with van der Waals surface area (Å²) in [6.07, 6.45) is 3.69. The fourth-order valence-corrected chi connectivity index (χ4v) is 1.60. The Bertz CT molecular complexity index is 113. The topological polar surface area (TPSA) is 29.3 Å². The van der Waals surface area contributed by atoms with Crippen LogP contribution in [0.25, 0.3) is 0 Å². The minimum absolute atomic E-state index is 0.349. The molecule has 1 atom stereocenters. The van der Waals surface area contributed by atoms with Crippen LogP contribution in [0.2, 0.25) is 0 Å². The smallest absolute Gasteiger partial charge is 0.0170 e. The molecule has 80 valence electrons. The van der Waals surface area contributed by atoms with E-state index in [9.17, 15) is 0 Å². The van der Waals surface area contributed by atoms with E-state index in [1.165, 1.54) is 19.4 Å². The first-order chi connectivity index (χ1) is 6.06. The van der Waals surface area contributed by atoms with Crippen LogP contribution in [0.5, 0.6) is 0 Å². The van der Waals surface area contributed by atoms with Crippen LogP contribution >= 0.6 is 0 Å². The highest BCUT2D eigenvalue weighted by Crippen LogP contribution is 2.04. The van der Waals surface area contributed by atoms with Crippen molar-refractivity contribution in [3.63, 3.8) is 0 Å². The van der Waals surface area contributed by atoms with Crippen LogP contribution in [0.4, 0.5) is 0 Å². The van der Waals surface area contributed by atoms with E-state index in [1.54, 1.807) is 0 Å². The number of hydrogen-bond acceptors (Lipinski definition) is 2. The lowest BCUT2D eigenvalue weighted by Gasteiger charge is -2.22. The highest BCUT2D eigenvalue weighted by molar-refractivity contribution is 4.67. The summed E-state index contributed by atoms with van der Waals surface area (Å²) >= 11 is 0. The van der Waals surface area contributed by atoms with Crippen LogP contribution in [0.15, 0.2) is 0 Å². The largest absolute Gasteiger partial charge is 0.327 e. The molecule has 0 saturated heterocycles. The summed E-state index contributed by atoms with van der Waals surface area (Å²) in [5.41, 5.74) is 6.01. The van der Waals surface area contributed by atoms with Gasteiger partial charge in [-0.2, -0.15) is 0 Å². The molecule has 0 aromatic heterocycles. The highest BCUT2D eigenvalue weighted by Gasteiger charge is 2.07. The fourth-order valence-electron chi connectivity index (χ4n) is 1.60. The molecule has 0 fully saturated rings. The minimum atomic E-state index is 0.349. The van der Waals surface area contributed by atoms with Crippen LogP contribution in [-0.4, -0.2) is 31.1 Å². The number of rotatable bonds is 7. The van der Waals surface area contributed by atoms with E-state index in [0.29, 0.717) is 6.04 Å². The third kappa shape index (κ3) is 8.26. The molecule has 13 heavy (non-hydrogen) atoms. The second-order valence-electron chi connectivity index (χ2n) is 4.51. The summed E-state index contributed by atoms with van der Waals surface area (Å²) < 4.78 is 0. The van der Waals surface area contributed by atoms with E-state index in [2.05, 4.69) is 32.7 Å². The van der Waals surface area contributed by atoms with Gasteiger partial charge in [0.05, 0.1) is 0 Å². The Balaban J connectivity index is 3.46. The Kier molecular flexibility index (Phi) is 7.29. The van der Waals surface area contributed by atoms with Gasteiger partial charge in [-0.15, -0.1) is 0 Å². The fraction of sp³-hybridized carbons (Fsp3) is 1.00. The van der Waals surface area contributed by atoms with E-state index in [4.69, 9.17) is 5.73 Å². The molecule has 0 aromatic carbocycles. The third-order valence-electron chi connectivity index (χ3n) is 2.21. The first kappa shape index (κ1) is 12.9. The van der Waals surface area contributed by atoms with Crippen LogP contribution in [0, 0.1) is 5.92 Å². The van der Waals surface area contributed by atoms with Gasteiger partial charge in [0.15, 0.2) is 0 Å². The van der Waals surface area contributed by atoms with Crippen LogP contribution in [0.3, 0.4) is 0 Å². The molecule has 2 N–H and O–H groups in total. The number of unbranched alkanes of at least 4 members (excludes halogenated alkanes) is 1. The maximum atomic E-state index is 6.01. The second-order valence-corrected chi connectivity index (χ2v) is 4.51. The minimum Gasteiger partial charge on any atom is -0.327 e. The molecular formula is C11H26N2. The summed E-state index contributed by atoms with van der Waals surface area (Å²) in [4.78, 5) is 2.34. The Morgan fingerprint density at radius 3 is 2.38 bits per heavy atom. The van der Waals surface area contributed by atoms with Crippen LogP contribution < -0.4 is 5.73 Å². The van der Waals surface area contributed by atoms with Crippen molar-refractivity contribution < 1.29 is 0 Å². The van der Waals surface area contributed by atoms with Gasteiger partial charge >= 0.3 is 0 Å². The molecule has 0 bridgehead atoms. The van der Waals surface area contributed by atoms with Gasteiger partial charge in [-0.25, -0.2) is 0 Å². The summed E-state index contributed by atoms with van der Waals surface area (Å²) in [6.45, 7) is 8.90. The number of nitrogens with zero attached hydrogens (tertiary/aromatic N) is 1. The van der Waals surface area contributed by atoms with Crippen molar-refractivity contribution in [3.8, 4) is 0 Å². The first-order valence-electron chi connectivity index (χ1n) is 5.50. The molecule has 2 nitrogen and oxygen atoms in total. The molecule has 0 aromatic rings. The number of likely N-dealkylation sites (N-methyl/N-ethyl adjacent to an activating group) is 1. The molecule has 0 aliphatic rings. The molecule has 2 heteroatoms. The molecule has 0 spiro atoms. The second kappa shape index (κ2) is 7.34. The maximum absolute atomic E-state index is 6.01. The summed E-state index contributed by atoms with van der Waals surface area (Å²) in [7, 11) is 2.16. The van der Waals surface area contributed by atoms with E-state index in [-0.39, 0.29) is 0 Å². The van der Waals surface area contributed by atoms with Gasteiger partial charge in [0, 0.05) is 12.6 Å². The van der Waals surface area contributed by atoms with Crippen molar-refractivity contribution in [1.82, 2.24) is 4.90 Å². The quantitative estimate of drug-likeness (QED) is 0.659. The van der Waals surface area contributed by atoms with Crippen molar-refractivity contribution in [2.24, 2.45) is 11.7 Å². The van der Waals surface area contributed by atoms with Gasteiger partial charge in [-0.3, -0.25) is 0 Å². The Labute approximate surface area is 83.5 Å². The third-order valence-corrected chi connectivity index (χ3v) is 2.21. The molecule has 0 aliphatic carbocycles. The molecule has 0 rings (SSSR count).